The molecule has 0 aliphatic rings. The van der Waals surface area contributed by atoms with Crippen LogP contribution in [0.2, 0.25) is 5.02 Å². The Kier molecular flexibility index (Phi) is 8.60. The summed E-state index contributed by atoms with van der Waals surface area (Å²) in [6.45, 7) is 0. The monoisotopic (exact) mass is 623 g/mol. The number of hydrogen-bond acceptors (Lipinski definition) is 8. The number of halogens is 1. The zero-order chi connectivity index (χ0) is 29.6. The van der Waals surface area contributed by atoms with Crippen molar-refractivity contribution in [1.29, 1.82) is 0 Å². The number of fused-ring (bicyclic) bond motifs is 1. The molecule has 1 amide bonds. The first kappa shape index (κ1) is 28.4. The molecule has 6 rings (SSSR count). The maximum Gasteiger partial charge on any atom is 0.355 e. The molecule has 11 heteroatoms. The second-order valence-electron chi connectivity index (χ2n) is 9.13. The van der Waals surface area contributed by atoms with E-state index >= 15 is 0 Å². The number of para-hydroxylation sites is 1. The molecule has 0 fully saturated rings. The second kappa shape index (κ2) is 13.0. The Morgan fingerprint density at radius 1 is 0.930 bits per heavy atom. The van der Waals surface area contributed by atoms with Crippen LogP contribution < -0.4 is 10.2 Å². The third kappa shape index (κ3) is 6.51. The van der Waals surface area contributed by atoms with Crippen LogP contribution in [0.5, 0.6) is 5.75 Å². The highest BCUT2D eigenvalue weighted by atomic mass is 35.5. The molecule has 212 valence electrons. The first-order valence-electron chi connectivity index (χ1n) is 13.1. The van der Waals surface area contributed by atoms with E-state index in [1.807, 2.05) is 89.5 Å². The van der Waals surface area contributed by atoms with Gasteiger partial charge in [-0.2, -0.15) is 5.10 Å². The molecule has 4 aromatic carbocycles. The van der Waals surface area contributed by atoms with Gasteiger partial charge in [0.25, 0.3) is 5.91 Å². The van der Waals surface area contributed by atoms with Crippen LogP contribution >= 0.6 is 34.7 Å². The van der Waals surface area contributed by atoms with Crippen molar-refractivity contribution in [3.05, 3.63) is 125 Å². The molecule has 2 aromatic heterocycles. The van der Waals surface area contributed by atoms with Crippen LogP contribution in [0.25, 0.3) is 27.2 Å². The molecular formula is C32H22ClN5O3S2. The zero-order valence-electron chi connectivity index (χ0n) is 22.4. The standard InChI is InChI=1S/C32H22ClN5O3S2/c33-28-25-16-7-8-17-26(25)43-29(28)31(40)41-24-15-9-10-21(18-24)19-34-35-27(39)20-42-32-37-36-30(22-11-3-1-4-12-22)38(32)23-13-5-2-6-14-23/h1-19H,20H2,(H,35,39)/b34-19-. The van der Waals surface area contributed by atoms with E-state index in [1.54, 1.807) is 24.3 Å². The number of hydrogen-bond donors (Lipinski definition) is 1. The molecule has 0 aliphatic heterocycles. The number of aromatic nitrogens is 3. The van der Waals surface area contributed by atoms with Crippen molar-refractivity contribution in [3.8, 4) is 22.8 Å². The second-order valence-corrected chi connectivity index (χ2v) is 11.5. The predicted octanol–water partition coefficient (Wildman–Crippen LogP) is 7.26. The van der Waals surface area contributed by atoms with Gasteiger partial charge in [0.05, 0.1) is 17.0 Å². The third-order valence-electron chi connectivity index (χ3n) is 6.20. The number of hydrazone groups is 1. The number of ether oxygens (including phenoxy) is 1. The maximum atomic E-state index is 12.8. The molecule has 0 spiro atoms. The minimum Gasteiger partial charge on any atom is -0.422 e. The van der Waals surface area contributed by atoms with Gasteiger partial charge in [-0.25, -0.2) is 10.2 Å². The Hall–Kier alpha value is -4.77. The summed E-state index contributed by atoms with van der Waals surface area (Å²) < 4.78 is 8.40. The van der Waals surface area contributed by atoms with E-state index in [4.69, 9.17) is 16.3 Å². The molecule has 0 saturated carbocycles. The summed E-state index contributed by atoms with van der Waals surface area (Å²) >= 11 is 8.96. The molecule has 1 N–H and O–H groups in total. The summed E-state index contributed by atoms with van der Waals surface area (Å²) in [5.74, 6) is 0.239. The fourth-order valence-corrected chi connectivity index (χ4v) is 6.37. The fourth-order valence-electron chi connectivity index (χ4n) is 4.25. The van der Waals surface area contributed by atoms with Crippen LogP contribution in [0.1, 0.15) is 15.2 Å². The summed E-state index contributed by atoms with van der Waals surface area (Å²) in [4.78, 5) is 25.8. The van der Waals surface area contributed by atoms with E-state index in [1.165, 1.54) is 29.3 Å². The average Bonchev–Trinajstić information content (AvgIpc) is 3.62. The van der Waals surface area contributed by atoms with Gasteiger partial charge in [-0.15, -0.1) is 21.5 Å². The lowest BCUT2D eigenvalue weighted by Gasteiger charge is -2.10. The van der Waals surface area contributed by atoms with Crippen molar-refractivity contribution in [3.63, 3.8) is 0 Å². The van der Waals surface area contributed by atoms with Gasteiger partial charge in [0.15, 0.2) is 11.0 Å². The van der Waals surface area contributed by atoms with E-state index in [0.717, 1.165) is 21.3 Å². The molecule has 8 nitrogen and oxygen atoms in total. The van der Waals surface area contributed by atoms with Crippen LogP contribution in [-0.2, 0) is 4.79 Å². The van der Waals surface area contributed by atoms with Gasteiger partial charge in [0, 0.05) is 21.3 Å². The molecule has 6 aromatic rings. The van der Waals surface area contributed by atoms with Crippen molar-refractivity contribution in [2.75, 3.05) is 5.75 Å². The molecular weight excluding hydrogens is 602 g/mol. The number of carbonyl (C=O) groups is 2. The largest absolute Gasteiger partial charge is 0.422 e. The minimum absolute atomic E-state index is 0.0741. The van der Waals surface area contributed by atoms with Crippen molar-refractivity contribution in [1.82, 2.24) is 20.2 Å². The maximum absolute atomic E-state index is 12.8. The lowest BCUT2D eigenvalue weighted by Crippen LogP contribution is -2.20. The fraction of sp³-hybridized carbons (Fsp3) is 0.0312. The van der Waals surface area contributed by atoms with Gasteiger partial charge in [0.2, 0.25) is 0 Å². The quantitative estimate of drug-likeness (QED) is 0.0598. The number of rotatable bonds is 9. The number of benzene rings is 4. The first-order chi connectivity index (χ1) is 21.1. The Morgan fingerprint density at radius 2 is 1.67 bits per heavy atom. The highest BCUT2D eigenvalue weighted by molar-refractivity contribution is 7.99. The van der Waals surface area contributed by atoms with Crippen LogP contribution in [0.3, 0.4) is 0 Å². The van der Waals surface area contributed by atoms with Crippen LogP contribution in [0, 0.1) is 0 Å². The number of thioether (sulfide) groups is 1. The van der Waals surface area contributed by atoms with E-state index in [2.05, 4.69) is 20.7 Å². The summed E-state index contributed by atoms with van der Waals surface area (Å²) in [6.07, 6.45) is 1.48. The van der Waals surface area contributed by atoms with Crippen molar-refractivity contribution >= 4 is 62.9 Å². The van der Waals surface area contributed by atoms with Crippen molar-refractivity contribution in [2.24, 2.45) is 5.10 Å². The zero-order valence-corrected chi connectivity index (χ0v) is 24.8. The summed E-state index contributed by atoms with van der Waals surface area (Å²) in [6, 6.07) is 33.9. The lowest BCUT2D eigenvalue weighted by atomic mass is 10.2. The van der Waals surface area contributed by atoms with Gasteiger partial charge in [-0.1, -0.05) is 102 Å². The van der Waals surface area contributed by atoms with Gasteiger partial charge in [-0.05, 0) is 35.9 Å². The SMILES string of the molecule is O=C(CSc1nnc(-c2ccccc2)n1-c1ccccc1)N/N=C\c1cccc(OC(=O)c2sc3ccccc3c2Cl)c1. The van der Waals surface area contributed by atoms with E-state index in [9.17, 15) is 9.59 Å². The Bertz CT molecular complexity index is 1940. The van der Waals surface area contributed by atoms with Gasteiger partial charge >= 0.3 is 5.97 Å². The third-order valence-corrected chi connectivity index (χ3v) is 8.79. The van der Waals surface area contributed by atoms with Crippen LogP contribution in [-0.4, -0.2) is 38.6 Å². The molecule has 0 bridgehead atoms. The Balaban J connectivity index is 1.09. The summed E-state index contributed by atoms with van der Waals surface area (Å²) in [5.41, 5.74) is 4.98. The van der Waals surface area contributed by atoms with Crippen LogP contribution in [0.15, 0.2) is 119 Å². The number of nitrogens with zero attached hydrogens (tertiary/aromatic N) is 4. The Labute approximate surface area is 260 Å². The minimum atomic E-state index is -0.538. The highest BCUT2D eigenvalue weighted by Gasteiger charge is 2.19. The van der Waals surface area contributed by atoms with E-state index in [-0.39, 0.29) is 11.7 Å². The number of esters is 1. The summed E-state index contributed by atoms with van der Waals surface area (Å²) in [5, 5.41) is 14.6. The van der Waals surface area contributed by atoms with Crippen molar-refractivity contribution < 1.29 is 14.3 Å². The molecule has 2 heterocycles. The van der Waals surface area contributed by atoms with E-state index in [0.29, 0.717) is 32.2 Å². The van der Waals surface area contributed by atoms with Crippen molar-refractivity contribution in [2.45, 2.75) is 5.16 Å². The normalized spacial score (nSPS) is 11.2. The smallest absolute Gasteiger partial charge is 0.355 e. The number of amides is 1. The summed E-state index contributed by atoms with van der Waals surface area (Å²) in [7, 11) is 0. The van der Waals surface area contributed by atoms with Crippen LogP contribution in [0.4, 0.5) is 0 Å². The Morgan fingerprint density at radius 3 is 2.47 bits per heavy atom. The number of nitrogens with one attached hydrogen (secondary N) is 1. The molecule has 0 unspecified atom stereocenters. The lowest BCUT2D eigenvalue weighted by molar-refractivity contribution is -0.118. The average molecular weight is 624 g/mol. The molecule has 0 atom stereocenters. The highest BCUT2D eigenvalue weighted by Crippen LogP contribution is 2.36. The van der Waals surface area contributed by atoms with Gasteiger partial charge in [-0.3, -0.25) is 9.36 Å². The molecule has 0 saturated heterocycles. The number of thiophene rings is 1. The van der Waals surface area contributed by atoms with E-state index < -0.39 is 5.97 Å². The van der Waals surface area contributed by atoms with Gasteiger partial charge in [0.1, 0.15) is 10.6 Å². The molecule has 0 aliphatic carbocycles. The first-order valence-corrected chi connectivity index (χ1v) is 15.2. The molecule has 0 radical (unpaired) electrons. The predicted molar refractivity (Wildman–Crippen MR) is 171 cm³/mol. The number of carbonyl (C=O) groups excluding carboxylic acids is 2. The van der Waals surface area contributed by atoms with Gasteiger partial charge < -0.3 is 4.74 Å². The topological polar surface area (TPSA) is 98.5 Å². The molecule has 43 heavy (non-hydrogen) atoms.